The zero-order valence-electron chi connectivity index (χ0n) is 25.1. The number of hydrazine groups is 2. The topological polar surface area (TPSA) is 111 Å². The van der Waals surface area contributed by atoms with Crippen molar-refractivity contribution in [1.29, 1.82) is 15.8 Å². The van der Waals surface area contributed by atoms with Gasteiger partial charge in [-0.1, -0.05) is 91.0 Å². The molecular weight excluding hydrogens is 582 g/mol. The van der Waals surface area contributed by atoms with Crippen LogP contribution in [0.2, 0.25) is 0 Å². The number of hydrogen-bond donors (Lipinski definition) is 2. The SMILES string of the molecule is N#Cc1c(NN(c2ccccc2)c2ccccc2)c(C#N)c(Oc2ccccc2)c(C#N)c1NN(c1ccccc1)c1ccccc1. The second kappa shape index (κ2) is 14.1. The monoisotopic (exact) mass is 609 g/mol. The molecule has 0 aromatic heterocycles. The zero-order chi connectivity index (χ0) is 32.4. The van der Waals surface area contributed by atoms with E-state index >= 15 is 0 Å². The number of rotatable bonds is 10. The Morgan fingerprint density at radius 3 is 1.00 bits per heavy atom. The Bertz CT molecular complexity index is 1880. The van der Waals surface area contributed by atoms with Crippen molar-refractivity contribution < 1.29 is 4.74 Å². The lowest BCUT2D eigenvalue weighted by molar-refractivity contribution is 0.480. The van der Waals surface area contributed by atoms with Gasteiger partial charge in [0.15, 0.2) is 5.75 Å². The fraction of sp³-hybridized carbons (Fsp3) is 0. The molecule has 0 saturated carbocycles. The van der Waals surface area contributed by atoms with Crippen LogP contribution >= 0.6 is 0 Å². The maximum atomic E-state index is 10.8. The molecule has 0 saturated heterocycles. The van der Waals surface area contributed by atoms with E-state index in [0.717, 1.165) is 22.7 Å². The van der Waals surface area contributed by atoms with E-state index in [2.05, 4.69) is 29.1 Å². The van der Waals surface area contributed by atoms with Gasteiger partial charge in [-0.25, -0.2) is 0 Å². The van der Waals surface area contributed by atoms with Gasteiger partial charge in [0, 0.05) is 0 Å². The highest BCUT2D eigenvalue weighted by Gasteiger charge is 2.29. The van der Waals surface area contributed by atoms with Gasteiger partial charge in [0.2, 0.25) is 0 Å². The van der Waals surface area contributed by atoms with Gasteiger partial charge in [0.05, 0.1) is 34.1 Å². The van der Waals surface area contributed by atoms with Crippen LogP contribution in [0, 0.1) is 34.0 Å². The molecule has 224 valence electrons. The van der Waals surface area contributed by atoms with E-state index in [1.54, 1.807) is 34.3 Å². The van der Waals surface area contributed by atoms with E-state index in [1.165, 1.54) is 0 Å². The van der Waals surface area contributed by atoms with Crippen LogP contribution in [0.3, 0.4) is 0 Å². The molecule has 47 heavy (non-hydrogen) atoms. The van der Waals surface area contributed by atoms with Crippen LogP contribution in [-0.4, -0.2) is 0 Å². The van der Waals surface area contributed by atoms with Crippen molar-refractivity contribution in [2.45, 2.75) is 0 Å². The van der Waals surface area contributed by atoms with E-state index < -0.39 is 0 Å². The molecule has 0 aliphatic carbocycles. The Morgan fingerprint density at radius 1 is 0.404 bits per heavy atom. The standard InChI is InChI=1S/C39H27N7O/c40-26-34-37(43-45(29-16-6-1-7-17-29)30-18-8-2-9-19-30)35(27-41)39(47-33-24-14-5-15-25-33)36(28-42)38(34)44-46(31-20-10-3-11-21-31)32-22-12-4-13-23-32/h1-25,43-44H. The molecule has 0 amide bonds. The number of benzene rings is 6. The predicted molar refractivity (Wildman–Crippen MR) is 184 cm³/mol. The molecule has 0 heterocycles. The first kappa shape index (κ1) is 29.8. The quantitative estimate of drug-likeness (QED) is 0.148. The third-order valence-electron chi connectivity index (χ3n) is 7.26. The fourth-order valence-corrected chi connectivity index (χ4v) is 5.07. The second-order valence-electron chi connectivity index (χ2n) is 10.2. The van der Waals surface area contributed by atoms with E-state index in [4.69, 9.17) is 4.74 Å². The molecule has 6 rings (SSSR count). The maximum absolute atomic E-state index is 10.8. The highest BCUT2D eigenvalue weighted by Crippen LogP contribution is 2.44. The minimum atomic E-state index is -0.00432. The number of anilines is 6. The summed E-state index contributed by atoms with van der Waals surface area (Å²) in [5.74, 6) is 0.431. The number of ether oxygens (including phenoxy) is 1. The minimum absolute atomic E-state index is 0.00432. The lowest BCUT2D eigenvalue weighted by Crippen LogP contribution is -2.28. The van der Waals surface area contributed by atoms with Crippen LogP contribution in [0.15, 0.2) is 152 Å². The minimum Gasteiger partial charge on any atom is -0.454 e. The number of para-hydroxylation sites is 5. The summed E-state index contributed by atoms with van der Waals surface area (Å²) in [6.45, 7) is 0. The number of nitrogens with one attached hydrogen (secondary N) is 2. The van der Waals surface area contributed by atoms with Gasteiger partial charge in [-0.05, 0) is 60.7 Å². The van der Waals surface area contributed by atoms with Crippen LogP contribution in [0.25, 0.3) is 0 Å². The number of nitriles is 3. The second-order valence-corrected chi connectivity index (χ2v) is 10.2. The molecule has 0 atom stereocenters. The van der Waals surface area contributed by atoms with Crippen molar-refractivity contribution in [3.8, 4) is 29.7 Å². The van der Waals surface area contributed by atoms with Gasteiger partial charge in [-0.2, -0.15) is 15.8 Å². The van der Waals surface area contributed by atoms with Crippen molar-refractivity contribution in [1.82, 2.24) is 0 Å². The molecule has 8 heteroatoms. The van der Waals surface area contributed by atoms with Crippen molar-refractivity contribution in [2.75, 3.05) is 20.9 Å². The molecule has 2 N–H and O–H groups in total. The highest BCUT2D eigenvalue weighted by atomic mass is 16.5. The summed E-state index contributed by atoms with van der Waals surface area (Å²) in [5, 5.41) is 35.7. The average Bonchev–Trinajstić information content (AvgIpc) is 3.14. The molecule has 0 aliphatic heterocycles. The third-order valence-corrected chi connectivity index (χ3v) is 7.26. The van der Waals surface area contributed by atoms with Crippen LogP contribution in [0.5, 0.6) is 11.5 Å². The molecular formula is C39H27N7O. The average molecular weight is 610 g/mol. The Hall–Kier alpha value is -7.21. The van der Waals surface area contributed by atoms with Gasteiger partial charge in [-0.3, -0.25) is 20.9 Å². The lowest BCUT2D eigenvalue weighted by Gasteiger charge is -2.31. The fourth-order valence-electron chi connectivity index (χ4n) is 5.07. The molecule has 8 nitrogen and oxygen atoms in total. The van der Waals surface area contributed by atoms with Crippen molar-refractivity contribution in [2.24, 2.45) is 0 Å². The van der Waals surface area contributed by atoms with Gasteiger partial charge in [-0.15, -0.1) is 0 Å². The highest BCUT2D eigenvalue weighted by molar-refractivity contribution is 5.89. The molecule has 0 spiro atoms. The smallest absolute Gasteiger partial charge is 0.167 e. The normalized spacial score (nSPS) is 10.1. The van der Waals surface area contributed by atoms with Crippen LogP contribution in [0.4, 0.5) is 34.1 Å². The van der Waals surface area contributed by atoms with Crippen molar-refractivity contribution in [3.05, 3.63) is 168 Å². The van der Waals surface area contributed by atoms with E-state index in [1.807, 2.05) is 127 Å². The van der Waals surface area contributed by atoms with Crippen LogP contribution < -0.4 is 25.6 Å². The summed E-state index contributed by atoms with van der Waals surface area (Å²) < 4.78 is 6.32. The Morgan fingerprint density at radius 2 is 0.702 bits per heavy atom. The van der Waals surface area contributed by atoms with Crippen LogP contribution in [0.1, 0.15) is 16.7 Å². The van der Waals surface area contributed by atoms with Gasteiger partial charge in [0.1, 0.15) is 40.6 Å². The molecule has 0 radical (unpaired) electrons. The Kier molecular flexibility index (Phi) is 8.92. The number of nitrogens with zero attached hydrogens (tertiary/aromatic N) is 5. The molecule has 0 fully saturated rings. The van der Waals surface area contributed by atoms with E-state index in [0.29, 0.717) is 5.75 Å². The first-order chi connectivity index (χ1) is 23.2. The molecule has 0 unspecified atom stereocenters. The van der Waals surface area contributed by atoms with Crippen LogP contribution in [-0.2, 0) is 0 Å². The summed E-state index contributed by atoms with van der Waals surface area (Å²) >= 11 is 0. The first-order valence-corrected chi connectivity index (χ1v) is 14.7. The van der Waals surface area contributed by atoms with Crippen molar-refractivity contribution >= 4 is 34.1 Å². The molecule has 0 aliphatic rings. The van der Waals surface area contributed by atoms with E-state index in [9.17, 15) is 15.8 Å². The lowest BCUT2D eigenvalue weighted by atomic mass is 9.99. The van der Waals surface area contributed by atoms with Gasteiger partial charge < -0.3 is 4.74 Å². The number of hydrogen-bond acceptors (Lipinski definition) is 8. The van der Waals surface area contributed by atoms with E-state index in [-0.39, 0.29) is 33.8 Å². The summed E-state index contributed by atoms with van der Waals surface area (Å²) in [7, 11) is 0. The third kappa shape index (κ3) is 6.37. The van der Waals surface area contributed by atoms with Gasteiger partial charge >= 0.3 is 0 Å². The first-order valence-electron chi connectivity index (χ1n) is 14.7. The molecule has 6 aromatic carbocycles. The van der Waals surface area contributed by atoms with Gasteiger partial charge in [0.25, 0.3) is 0 Å². The Balaban J connectivity index is 1.61. The summed E-state index contributed by atoms with van der Waals surface area (Å²) in [6.07, 6.45) is 0. The summed E-state index contributed by atoms with van der Waals surface area (Å²) in [5.41, 5.74) is 10.1. The summed E-state index contributed by atoms with van der Waals surface area (Å²) in [4.78, 5) is 0. The Labute approximate surface area is 273 Å². The molecule has 0 bridgehead atoms. The van der Waals surface area contributed by atoms with Crippen molar-refractivity contribution in [3.63, 3.8) is 0 Å². The maximum Gasteiger partial charge on any atom is 0.167 e. The summed E-state index contributed by atoms with van der Waals surface area (Å²) in [6, 6.07) is 53.8. The molecule has 6 aromatic rings. The zero-order valence-corrected chi connectivity index (χ0v) is 25.1. The largest absolute Gasteiger partial charge is 0.454 e. The predicted octanol–water partition coefficient (Wildman–Crippen LogP) is 9.42.